The standard InChI is InChI=1S/C9H8N2O3.C6H14/c1-13-5-3-2-4-6-7(5)8(9(10)12)11-14-6;1-4-5-6(2)3/h2-4H,1H3,(H2,10,12);6H,4-5H2,1-3H3. The number of hydrogen-bond donors (Lipinski definition) is 1. The zero-order valence-electron chi connectivity index (χ0n) is 12.5. The number of benzene rings is 1. The predicted octanol–water partition coefficient (Wildman–Crippen LogP) is 3.38. The van der Waals surface area contributed by atoms with Crippen LogP contribution in [-0.2, 0) is 0 Å². The lowest BCUT2D eigenvalue weighted by Gasteiger charge is -1.99. The van der Waals surface area contributed by atoms with Gasteiger partial charge in [-0.05, 0) is 18.1 Å². The Morgan fingerprint density at radius 3 is 2.60 bits per heavy atom. The lowest BCUT2D eigenvalue weighted by Crippen LogP contribution is -2.11. The summed E-state index contributed by atoms with van der Waals surface area (Å²) in [6, 6.07) is 5.15. The number of aromatic nitrogens is 1. The predicted molar refractivity (Wildman–Crippen MR) is 78.8 cm³/mol. The van der Waals surface area contributed by atoms with Crippen molar-refractivity contribution < 1.29 is 14.1 Å². The molecule has 0 spiro atoms. The Balaban J connectivity index is 0.000000286. The number of carbonyl (C=O) groups excluding carboxylic acids is 1. The van der Waals surface area contributed by atoms with E-state index in [4.69, 9.17) is 15.0 Å². The van der Waals surface area contributed by atoms with Crippen molar-refractivity contribution in [1.82, 2.24) is 5.16 Å². The smallest absolute Gasteiger partial charge is 0.271 e. The van der Waals surface area contributed by atoms with Gasteiger partial charge in [-0.15, -0.1) is 0 Å². The summed E-state index contributed by atoms with van der Waals surface area (Å²) in [4.78, 5) is 11.0. The van der Waals surface area contributed by atoms with Crippen LogP contribution in [-0.4, -0.2) is 18.2 Å². The first-order valence-electron chi connectivity index (χ1n) is 6.73. The van der Waals surface area contributed by atoms with E-state index in [0.29, 0.717) is 16.7 Å². The summed E-state index contributed by atoms with van der Waals surface area (Å²) in [5, 5.41) is 4.09. The molecular formula is C15H22N2O3. The van der Waals surface area contributed by atoms with Crippen LogP contribution in [0.2, 0.25) is 0 Å². The fourth-order valence-electron chi connectivity index (χ4n) is 1.88. The Labute approximate surface area is 119 Å². The summed E-state index contributed by atoms with van der Waals surface area (Å²) >= 11 is 0. The number of rotatable bonds is 4. The molecule has 0 saturated heterocycles. The minimum atomic E-state index is -0.631. The van der Waals surface area contributed by atoms with E-state index in [2.05, 4.69) is 25.9 Å². The molecule has 0 aliphatic carbocycles. The quantitative estimate of drug-likeness (QED) is 0.929. The minimum Gasteiger partial charge on any atom is -0.496 e. The molecule has 0 bridgehead atoms. The molecule has 1 heterocycles. The third-order valence-corrected chi connectivity index (χ3v) is 2.78. The van der Waals surface area contributed by atoms with Gasteiger partial charge in [0.2, 0.25) is 0 Å². The van der Waals surface area contributed by atoms with Crippen molar-refractivity contribution in [1.29, 1.82) is 0 Å². The average molecular weight is 278 g/mol. The number of carbonyl (C=O) groups is 1. The Morgan fingerprint density at radius 2 is 2.15 bits per heavy atom. The van der Waals surface area contributed by atoms with Gasteiger partial charge in [0.05, 0.1) is 12.5 Å². The molecule has 2 N–H and O–H groups in total. The van der Waals surface area contributed by atoms with E-state index in [9.17, 15) is 4.79 Å². The molecule has 0 aliphatic heterocycles. The van der Waals surface area contributed by atoms with Crippen molar-refractivity contribution in [3.05, 3.63) is 23.9 Å². The van der Waals surface area contributed by atoms with Crippen molar-refractivity contribution >= 4 is 16.9 Å². The molecule has 0 radical (unpaired) electrons. The van der Waals surface area contributed by atoms with E-state index in [1.165, 1.54) is 20.0 Å². The Morgan fingerprint density at radius 1 is 1.45 bits per heavy atom. The fraction of sp³-hybridized carbons (Fsp3) is 0.467. The maximum Gasteiger partial charge on any atom is 0.271 e. The average Bonchev–Trinajstić information content (AvgIpc) is 2.83. The van der Waals surface area contributed by atoms with Crippen LogP contribution in [0.25, 0.3) is 11.0 Å². The summed E-state index contributed by atoms with van der Waals surface area (Å²) in [5.41, 5.74) is 5.71. The number of ether oxygens (including phenoxy) is 1. The first-order valence-corrected chi connectivity index (χ1v) is 6.73. The Hall–Kier alpha value is -2.04. The number of primary amides is 1. The normalized spacial score (nSPS) is 10.2. The molecule has 110 valence electrons. The van der Waals surface area contributed by atoms with Crippen LogP contribution >= 0.6 is 0 Å². The largest absolute Gasteiger partial charge is 0.496 e. The first kappa shape index (κ1) is 16.0. The monoisotopic (exact) mass is 278 g/mol. The maximum atomic E-state index is 11.0. The molecule has 0 fully saturated rings. The fourth-order valence-corrected chi connectivity index (χ4v) is 1.88. The second kappa shape index (κ2) is 7.53. The Bertz CT molecular complexity index is 561. The van der Waals surface area contributed by atoms with Gasteiger partial charge in [-0.3, -0.25) is 4.79 Å². The van der Waals surface area contributed by atoms with Gasteiger partial charge in [-0.25, -0.2) is 0 Å². The van der Waals surface area contributed by atoms with Gasteiger partial charge in [-0.1, -0.05) is 44.8 Å². The van der Waals surface area contributed by atoms with Gasteiger partial charge >= 0.3 is 0 Å². The third-order valence-electron chi connectivity index (χ3n) is 2.78. The van der Waals surface area contributed by atoms with Gasteiger partial charge in [0.1, 0.15) is 5.75 Å². The summed E-state index contributed by atoms with van der Waals surface area (Å²) in [5.74, 6) is 0.792. The van der Waals surface area contributed by atoms with Crippen molar-refractivity contribution in [2.75, 3.05) is 7.11 Å². The van der Waals surface area contributed by atoms with Crippen molar-refractivity contribution in [3.8, 4) is 5.75 Å². The van der Waals surface area contributed by atoms with Gasteiger partial charge in [0.15, 0.2) is 11.3 Å². The summed E-state index contributed by atoms with van der Waals surface area (Å²) in [6.07, 6.45) is 2.71. The first-order chi connectivity index (χ1) is 9.51. The maximum absolute atomic E-state index is 11.0. The van der Waals surface area contributed by atoms with E-state index < -0.39 is 5.91 Å². The number of fused-ring (bicyclic) bond motifs is 1. The second-order valence-electron chi connectivity index (χ2n) is 4.91. The van der Waals surface area contributed by atoms with Crippen LogP contribution in [0.1, 0.15) is 44.1 Å². The number of methoxy groups -OCH3 is 1. The zero-order chi connectivity index (χ0) is 15.1. The second-order valence-corrected chi connectivity index (χ2v) is 4.91. The number of nitrogens with zero attached hydrogens (tertiary/aromatic N) is 1. The van der Waals surface area contributed by atoms with Crippen LogP contribution in [0.15, 0.2) is 22.7 Å². The van der Waals surface area contributed by atoms with Crippen molar-refractivity contribution in [2.45, 2.75) is 33.6 Å². The van der Waals surface area contributed by atoms with Crippen LogP contribution in [0.5, 0.6) is 5.75 Å². The van der Waals surface area contributed by atoms with Gasteiger partial charge in [0, 0.05) is 0 Å². The molecule has 1 aromatic carbocycles. The Kier molecular flexibility index (Phi) is 6.03. The molecular weight excluding hydrogens is 256 g/mol. The molecule has 0 unspecified atom stereocenters. The molecule has 0 aliphatic rings. The molecule has 1 amide bonds. The van der Waals surface area contributed by atoms with Gasteiger partial charge in [-0.2, -0.15) is 0 Å². The van der Waals surface area contributed by atoms with Gasteiger partial charge in [0.25, 0.3) is 5.91 Å². The molecule has 0 saturated carbocycles. The van der Waals surface area contributed by atoms with Crippen molar-refractivity contribution in [3.63, 3.8) is 0 Å². The number of nitrogens with two attached hydrogens (primary N) is 1. The van der Waals surface area contributed by atoms with E-state index >= 15 is 0 Å². The van der Waals surface area contributed by atoms with E-state index in [1.54, 1.807) is 18.2 Å². The highest BCUT2D eigenvalue weighted by molar-refractivity contribution is 6.05. The highest BCUT2D eigenvalue weighted by Crippen LogP contribution is 2.28. The third kappa shape index (κ3) is 3.98. The molecule has 5 heteroatoms. The summed E-state index contributed by atoms with van der Waals surface area (Å²) < 4.78 is 9.99. The van der Waals surface area contributed by atoms with Crippen LogP contribution in [0, 0.1) is 5.92 Å². The van der Waals surface area contributed by atoms with Crippen LogP contribution in [0.3, 0.4) is 0 Å². The topological polar surface area (TPSA) is 78.3 Å². The molecule has 2 aromatic rings. The van der Waals surface area contributed by atoms with Crippen LogP contribution < -0.4 is 10.5 Å². The molecule has 2 rings (SSSR count). The molecule has 5 nitrogen and oxygen atoms in total. The van der Waals surface area contributed by atoms with E-state index in [1.807, 2.05) is 0 Å². The zero-order valence-corrected chi connectivity index (χ0v) is 12.5. The minimum absolute atomic E-state index is 0.0949. The summed E-state index contributed by atoms with van der Waals surface area (Å²) in [6.45, 7) is 6.73. The lowest BCUT2D eigenvalue weighted by molar-refractivity contribution is 0.0993. The van der Waals surface area contributed by atoms with E-state index in [0.717, 1.165) is 5.92 Å². The number of hydrogen-bond acceptors (Lipinski definition) is 4. The van der Waals surface area contributed by atoms with Gasteiger partial charge < -0.3 is 15.0 Å². The highest BCUT2D eigenvalue weighted by atomic mass is 16.5. The summed E-state index contributed by atoms with van der Waals surface area (Å²) in [7, 11) is 1.51. The highest BCUT2D eigenvalue weighted by Gasteiger charge is 2.16. The SMILES string of the molecule is CCCC(C)C.COc1cccc2onc(C(N)=O)c12. The molecule has 0 atom stereocenters. The van der Waals surface area contributed by atoms with Crippen molar-refractivity contribution in [2.24, 2.45) is 11.7 Å². The number of amides is 1. The van der Waals surface area contributed by atoms with E-state index in [-0.39, 0.29) is 5.69 Å². The van der Waals surface area contributed by atoms with Crippen LogP contribution in [0.4, 0.5) is 0 Å². The lowest BCUT2D eigenvalue weighted by atomic mass is 10.1. The molecule has 20 heavy (non-hydrogen) atoms. The molecule has 1 aromatic heterocycles.